The molecule has 1 spiro atoms. The Labute approximate surface area is 277 Å². The monoisotopic (exact) mass is 661 g/mol. The highest BCUT2D eigenvalue weighted by Gasteiger charge is 2.50. The molecule has 0 aliphatic carbocycles. The number of methoxy groups -OCH3 is 1. The molecule has 0 radical (unpaired) electrons. The normalized spacial score (nSPS) is 16.9. The third kappa shape index (κ3) is 10.3. The van der Waals surface area contributed by atoms with Crippen LogP contribution in [0.4, 0.5) is 10.2 Å². The second kappa shape index (κ2) is 18.2. The molecule has 0 saturated carbocycles. The van der Waals surface area contributed by atoms with E-state index < -0.39 is 11.9 Å². The molecule has 3 N–H and O–H groups in total. The molecule has 47 heavy (non-hydrogen) atoms. The van der Waals surface area contributed by atoms with Crippen LogP contribution in [0.5, 0.6) is 11.6 Å². The summed E-state index contributed by atoms with van der Waals surface area (Å²) in [6, 6.07) is 4.41. The van der Waals surface area contributed by atoms with Crippen molar-refractivity contribution in [1.29, 1.82) is 0 Å². The van der Waals surface area contributed by atoms with Crippen LogP contribution in [-0.2, 0) is 9.53 Å². The third-order valence-electron chi connectivity index (χ3n) is 8.82. The van der Waals surface area contributed by atoms with Crippen molar-refractivity contribution < 1.29 is 33.7 Å². The van der Waals surface area contributed by atoms with Crippen LogP contribution in [0.1, 0.15) is 64.2 Å². The summed E-state index contributed by atoms with van der Waals surface area (Å²) in [4.78, 5) is 32.7. The van der Waals surface area contributed by atoms with Crippen molar-refractivity contribution in [1.82, 2.24) is 30.3 Å². The molecule has 1 amide bonds. The maximum absolute atomic E-state index is 14.3. The number of rotatable bonds is 16. The largest absolute Gasteiger partial charge is 0.483 e. The highest BCUT2D eigenvalue weighted by molar-refractivity contribution is 5.97. The van der Waals surface area contributed by atoms with Crippen molar-refractivity contribution in [3.05, 3.63) is 35.9 Å². The predicted octanol–water partition coefficient (Wildman–Crippen LogP) is 3.29. The van der Waals surface area contributed by atoms with Gasteiger partial charge in [0.25, 0.3) is 18.3 Å². The number of aromatic nitrogens is 3. The molecule has 4 rings (SSSR count). The number of aliphatic hydroxyl groups is 1. The Morgan fingerprint density at radius 3 is 2.60 bits per heavy atom. The van der Waals surface area contributed by atoms with E-state index in [1.54, 1.807) is 12.0 Å². The Morgan fingerprint density at radius 1 is 1.23 bits per heavy atom. The number of nitrogens with zero attached hydrogens (tertiary/aromatic N) is 6. The van der Waals surface area contributed by atoms with Gasteiger partial charge in [-0.05, 0) is 70.7 Å². The molecule has 3 heterocycles. The standard InChI is InChI=1S/C32H50FN7O4.CH2O2/c1-7-40(23(4)5)31(42)26-15-24(33)10-11-28(26)44-30-29(35-21-36-37-30)38-14-12-32(18-38)19-39(20-32)27(22(2)3)9-8-13-34-16-25(41)17-43-6;2-1-3/h10-11,15,21-23,25,27,34,41H,7-9,12-14,16-20H2,1-6H3;1H,(H,2,3)/t25-,27+;/m0./s1. The van der Waals surface area contributed by atoms with Crippen molar-refractivity contribution in [2.24, 2.45) is 11.3 Å². The molecular formula is C33H52FN7O6. The lowest BCUT2D eigenvalue weighted by Crippen LogP contribution is -2.62. The van der Waals surface area contributed by atoms with Crippen LogP contribution in [-0.4, -0.2) is 125 Å². The van der Waals surface area contributed by atoms with E-state index in [1.165, 1.54) is 24.5 Å². The van der Waals surface area contributed by atoms with Crippen molar-refractivity contribution in [2.75, 3.05) is 64.4 Å². The number of halogens is 1. The van der Waals surface area contributed by atoms with Crippen molar-refractivity contribution in [3.8, 4) is 11.6 Å². The van der Waals surface area contributed by atoms with Crippen LogP contribution in [0.25, 0.3) is 0 Å². The number of nitrogens with one attached hydrogen (secondary N) is 1. The topological polar surface area (TPSA) is 153 Å². The van der Waals surface area contributed by atoms with Gasteiger partial charge in [0.1, 0.15) is 17.9 Å². The molecule has 14 heteroatoms. The fourth-order valence-corrected chi connectivity index (χ4v) is 6.62. The minimum absolute atomic E-state index is 0.0488. The van der Waals surface area contributed by atoms with Gasteiger partial charge in [-0.15, -0.1) is 10.2 Å². The number of benzene rings is 1. The minimum Gasteiger partial charge on any atom is -0.483 e. The second-order valence-electron chi connectivity index (χ2n) is 13.0. The maximum Gasteiger partial charge on any atom is 0.290 e. The maximum atomic E-state index is 14.3. The summed E-state index contributed by atoms with van der Waals surface area (Å²) in [7, 11) is 1.60. The molecule has 2 aromatic rings. The first kappa shape index (κ1) is 38.0. The number of carbonyl (C=O) groups is 2. The van der Waals surface area contributed by atoms with Crippen LogP contribution in [0.2, 0.25) is 0 Å². The van der Waals surface area contributed by atoms with Gasteiger partial charge in [0.15, 0.2) is 5.82 Å². The lowest BCUT2D eigenvalue weighted by atomic mass is 9.76. The molecule has 2 aliphatic rings. The molecule has 2 aliphatic heterocycles. The van der Waals surface area contributed by atoms with Gasteiger partial charge in [-0.25, -0.2) is 9.37 Å². The van der Waals surface area contributed by atoms with E-state index in [0.29, 0.717) is 37.5 Å². The van der Waals surface area contributed by atoms with Gasteiger partial charge in [0.05, 0.1) is 18.3 Å². The molecule has 1 aromatic heterocycles. The van der Waals surface area contributed by atoms with E-state index in [4.69, 9.17) is 19.4 Å². The van der Waals surface area contributed by atoms with Crippen molar-refractivity contribution >= 4 is 18.2 Å². The smallest absolute Gasteiger partial charge is 0.290 e. The van der Waals surface area contributed by atoms with Crippen molar-refractivity contribution in [2.45, 2.75) is 72.1 Å². The van der Waals surface area contributed by atoms with E-state index in [2.05, 4.69) is 44.1 Å². The average molecular weight is 662 g/mol. The number of carboxylic acid groups (broad SMARTS) is 1. The van der Waals surface area contributed by atoms with E-state index in [0.717, 1.165) is 52.0 Å². The lowest BCUT2D eigenvalue weighted by molar-refractivity contribution is -0.122. The summed E-state index contributed by atoms with van der Waals surface area (Å²) >= 11 is 0. The quantitative estimate of drug-likeness (QED) is 0.179. The van der Waals surface area contributed by atoms with Gasteiger partial charge in [0, 0.05) is 63.9 Å². The zero-order valence-electron chi connectivity index (χ0n) is 28.6. The number of hydrogen-bond acceptors (Lipinski definition) is 11. The average Bonchev–Trinajstić information content (AvgIpc) is 3.46. The Balaban J connectivity index is 0.00000192. The Bertz CT molecular complexity index is 1280. The van der Waals surface area contributed by atoms with Gasteiger partial charge in [-0.3, -0.25) is 14.5 Å². The molecule has 13 nitrogen and oxygen atoms in total. The summed E-state index contributed by atoms with van der Waals surface area (Å²) in [6.07, 6.45) is 4.12. The van der Waals surface area contributed by atoms with Gasteiger partial charge >= 0.3 is 0 Å². The van der Waals surface area contributed by atoms with Gasteiger partial charge in [0.2, 0.25) is 0 Å². The fraction of sp³-hybridized carbons (Fsp3) is 0.667. The molecule has 2 fully saturated rings. The number of hydrogen-bond donors (Lipinski definition) is 3. The first-order valence-electron chi connectivity index (χ1n) is 16.4. The first-order chi connectivity index (χ1) is 22.5. The zero-order valence-corrected chi connectivity index (χ0v) is 28.6. The van der Waals surface area contributed by atoms with E-state index >= 15 is 0 Å². The molecule has 0 unspecified atom stereocenters. The van der Waals surface area contributed by atoms with Gasteiger partial charge < -0.3 is 34.8 Å². The second-order valence-corrected chi connectivity index (χ2v) is 13.0. The van der Waals surface area contributed by atoms with Crippen LogP contribution < -0.4 is 15.0 Å². The summed E-state index contributed by atoms with van der Waals surface area (Å²) < 4.78 is 25.4. The van der Waals surface area contributed by atoms with E-state index in [1.807, 2.05) is 20.8 Å². The number of carbonyl (C=O) groups excluding carboxylic acids is 1. The molecule has 2 atom stereocenters. The number of amides is 1. The number of aliphatic hydroxyl groups excluding tert-OH is 1. The molecule has 2 saturated heterocycles. The van der Waals surface area contributed by atoms with E-state index in [9.17, 15) is 14.3 Å². The van der Waals surface area contributed by atoms with Crippen LogP contribution >= 0.6 is 0 Å². The van der Waals surface area contributed by atoms with E-state index in [-0.39, 0.29) is 41.0 Å². The number of likely N-dealkylation sites (tertiary alicyclic amines) is 1. The highest BCUT2D eigenvalue weighted by atomic mass is 19.1. The molecular weight excluding hydrogens is 609 g/mol. The molecule has 0 bridgehead atoms. The summed E-state index contributed by atoms with van der Waals surface area (Å²) in [6.45, 7) is 16.0. The zero-order chi connectivity index (χ0) is 34.6. The Kier molecular flexibility index (Phi) is 14.7. The lowest BCUT2D eigenvalue weighted by Gasteiger charge is -2.53. The number of ether oxygens (including phenoxy) is 2. The summed E-state index contributed by atoms with van der Waals surface area (Å²) in [5.74, 6) is 0.746. The molecule has 262 valence electrons. The summed E-state index contributed by atoms with van der Waals surface area (Å²) in [5.41, 5.74) is 0.319. The third-order valence-corrected chi connectivity index (χ3v) is 8.82. The van der Waals surface area contributed by atoms with Crippen LogP contribution in [0.15, 0.2) is 24.5 Å². The minimum atomic E-state index is -0.508. The molecule has 1 aromatic carbocycles. The summed E-state index contributed by atoms with van der Waals surface area (Å²) in [5, 5.41) is 28.3. The number of anilines is 1. The Morgan fingerprint density at radius 2 is 1.96 bits per heavy atom. The Hall–Kier alpha value is -3.46. The van der Waals surface area contributed by atoms with Crippen molar-refractivity contribution in [3.63, 3.8) is 0 Å². The highest BCUT2D eigenvalue weighted by Crippen LogP contribution is 2.44. The fourth-order valence-electron chi connectivity index (χ4n) is 6.62. The SMILES string of the molecule is CCN(C(=O)c1cc(F)ccc1Oc1nncnc1N1CCC2(C1)CN([C@H](CCCNC[C@H](O)COC)C(C)C)C2)C(C)C.O=CO. The van der Waals surface area contributed by atoms with Gasteiger partial charge in [-0.2, -0.15) is 0 Å². The predicted molar refractivity (Wildman–Crippen MR) is 176 cm³/mol. The van der Waals surface area contributed by atoms with Crippen LogP contribution in [0.3, 0.4) is 0 Å². The van der Waals surface area contributed by atoms with Gasteiger partial charge in [-0.1, -0.05) is 13.8 Å². The van der Waals surface area contributed by atoms with Crippen LogP contribution in [0, 0.1) is 17.2 Å². The first-order valence-corrected chi connectivity index (χ1v) is 16.4.